The Hall–Kier alpha value is -1.10. The Morgan fingerprint density at radius 1 is 1.46 bits per heavy atom. The lowest BCUT2D eigenvalue weighted by atomic mass is 10.2. The summed E-state index contributed by atoms with van der Waals surface area (Å²) >= 11 is 0. The molecule has 2 N–H and O–H groups in total. The van der Waals surface area contributed by atoms with E-state index in [9.17, 15) is 9.59 Å². The van der Waals surface area contributed by atoms with E-state index in [-0.39, 0.29) is 19.3 Å². The molecule has 0 heterocycles. The van der Waals surface area contributed by atoms with Crippen molar-refractivity contribution in [2.24, 2.45) is 0 Å². The summed E-state index contributed by atoms with van der Waals surface area (Å²) in [5.74, 6) is -1.71. The number of hydrogen-bond acceptors (Lipinski definition) is 4. The van der Waals surface area contributed by atoms with Gasteiger partial charge in [-0.2, -0.15) is 0 Å². The zero-order chi connectivity index (χ0) is 10.3. The molecule has 0 aromatic heterocycles. The molecule has 0 aliphatic carbocycles. The van der Waals surface area contributed by atoms with Crippen molar-refractivity contribution in [3.05, 3.63) is 0 Å². The molecule has 76 valence electrons. The second-order valence-electron chi connectivity index (χ2n) is 2.48. The van der Waals surface area contributed by atoms with Gasteiger partial charge in [0.25, 0.3) is 0 Å². The van der Waals surface area contributed by atoms with Crippen LogP contribution >= 0.6 is 0 Å². The van der Waals surface area contributed by atoms with E-state index in [1.165, 1.54) is 0 Å². The van der Waals surface area contributed by atoms with E-state index in [0.29, 0.717) is 6.42 Å². The standard InChI is InChI=1S/C8H15NO4/c1-3-6(5-10)9-7(11)8(12)13-4-2/h6,10H,3-5H2,1-2H3,(H,9,11). The highest BCUT2D eigenvalue weighted by Gasteiger charge is 2.17. The molecule has 0 aliphatic heterocycles. The molecule has 0 saturated carbocycles. The van der Waals surface area contributed by atoms with Crippen molar-refractivity contribution in [1.29, 1.82) is 0 Å². The summed E-state index contributed by atoms with van der Waals surface area (Å²) in [6, 6.07) is -0.378. The highest BCUT2D eigenvalue weighted by Crippen LogP contribution is 1.89. The zero-order valence-corrected chi connectivity index (χ0v) is 7.87. The molecule has 0 aromatic rings. The third-order valence-corrected chi connectivity index (χ3v) is 1.51. The largest absolute Gasteiger partial charge is 0.459 e. The first-order chi connectivity index (χ1) is 6.15. The lowest BCUT2D eigenvalue weighted by molar-refractivity contribution is -0.155. The minimum absolute atomic E-state index is 0.169. The van der Waals surface area contributed by atoms with Gasteiger partial charge >= 0.3 is 11.9 Å². The SMILES string of the molecule is CCOC(=O)C(=O)NC(CC)CO. The quantitative estimate of drug-likeness (QED) is 0.459. The van der Waals surface area contributed by atoms with E-state index in [0.717, 1.165) is 0 Å². The number of aliphatic hydroxyl groups is 1. The van der Waals surface area contributed by atoms with E-state index in [1.54, 1.807) is 13.8 Å². The van der Waals surface area contributed by atoms with Crippen LogP contribution in [0.3, 0.4) is 0 Å². The van der Waals surface area contributed by atoms with Crippen LogP contribution in [0.15, 0.2) is 0 Å². The summed E-state index contributed by atoms with van der Waals surface area (Å²) in [5.41, 5.74) is 0. The van der Waals surface area contributed by atoms with Gasteiger partial charge in [0, 0.05) is 0 Å². The molecular weight excluding hydrogens is 174 g/mol. The fourth-order valence-electron chi connectivity index (χ4n) is 0.718. The molecule has 0 saturated heterocycles. The van der Waals surface area contributed by atoms with Gasteiger partial charge in [-0.15, -0.1) is 0 Å². The number of rotatable bonds is 4. The summed E-state index contributed by atoms with van der Waals surface area (Å²) in [5, 5.41) is 11.1. The lowest BCUT2D eigenvalue weighted by Gasteiger charge is -2.12. The van der Waals surface area contributed by atoms with Crippen molar-refractivity contribution < 1.29 is 19.4 Å². The third-order valence-electron chi connectivity index (χ3n) is 1.51. The number of amides is 1. The summed E-state index contributed by atoms with van der Waals surface area (Å²) < 4.78 is 4.46. The predicted molar refractivity (Wildman–Crippen MR) is 45.9 cm³/mol. The normalized spacial score (nSPS) is 11.9. The molecule has 1 atom stereocenters. The number of carbonyl (C=O) groups excluding carboxylic acids is 2. The second kappa shape index (κ2) is 6.42. The lowest BCUT2D eigenvalue weighted by Crippen LogP contribution is -2.41. The first kappa shape index (κ1) is 11.9. The highest BCUT2D eigenvalue weighted by atomic mass is 16.5. The fraction of sp³-hybridized carbons (Fsp3) is 0.750. The molecule has 0 rings (SSSR count). The first-order valence-corrected chi connectivity index (χ1v) is 4.24. The molecule has 1 amide bonds. The summed E-state index contributed by atoms with van der Waals surface area (Å²) in [6.45, 7) is 3.41. The molecule has 5 nitrogen and oxygen atoms in total. The van der Waals surface area contributed by atoms with Gasteiger partial charge < -0.3 is 15.2 Å². The Kier molecular flexibility index (Phi) is 5.88. The van der Waals surface area contributed by atoms with Crippen molar-refractivity contribution in [3.8, 4) is 0 Å². The number of carbonyl (C=O) groups is 2. The van der Waals surface area contributed by atoms with Crippen LogP contribution in [-0.4, -0.2) is 36.2 Å². The Labute approximate surface area is 77.1 Å². The van der Waals surface area contributed by atoms with Crippen LogP contribution in [0.1, 0.15) is 20.3 Å². The van der Waals surface area contributed by atoms with Crippen LogP contribution in [0, 0.1) is 0 Å². The molecular formula is C8H15NO4. The molecule has 1 unspecified atom stereocenters. The Bertz CT molecular complexity index is 177. The van der Waals surface area contributed by atoms with E-state index in [4.69, 9.17) is 5.11 Å². The van der Waals surface area contributed by atoms with E-state index in [2.05, 4.69) is 10.1 Å². The number of aliphatic hydroxyl groups excluding tert-OH is 1. The molecule has 0 fully saturated rings. The second-order valence-corrected chi connectivity index (χ2v) is 2.48. The summed E-state index contributed by atoms with van der Waals surface area (Å²) in [4.78, 5) is 21.8. The topological polar surface area (TPSA) is 75.6 Å². The summed E-state index contributed by atoms with van der Waals surface area (Å²) in [7, 11) is 0. The number of ether oxygens (including phenoxy) is 1. The predicted octanol–water partition coefficient (Wildman–Crippen LogP) is -0.563. The molecule has 0 aliphatic rings. The minimum Gasteiger partial charge on any atom is -0.459 e. The molecule has 0 spiro atoms. The summed E-state index contributed by atoms with van der Waals surface area (Å²) in [6.07, 6.45) is 0.571. The van der Waals surface area contributed by atoms with Gasteiger partial charge in [0.15, 0.2) is 0 Å². The van der Waals surface area contributed by atoms with Gasteiger partial charge in [-0.25, -0.2) is 4.79 Å². The maximum absolute atomic E-state index is 11.0. The van der Waals surface area contributed by atoms with Crippen LogP contribution < -0.4 is 5.32 Å². The van der Waals surface area contributed by atoms with E-state index in [1.807, 2.05) is 0 Å². The Morgan fingerprint density at radius 3 is 2.46 bits per heavy atom. The molecule has 0 aromatic carbocycles. The molecule has 0 radical (unpaired) electrons. The van der Waals surface area contributed by atoms with Crippen molar-refractivity contribution in [3.63, 3.8) is 0 Å². The molecule has 0 bridgehead atoms. The van der Waals surface area contributed by atoms with Crippen molar-refractivity contribution >= 4 is 11.9 Å². The zero-order valence-electron chi connectivity index (χ0n) is 7.87. The van der Waals surface area contributed by atoms with Crippen molar-refractivity contribution in [1.82, 2.24) is 5.32 Å². The van der Waals surface area contributed by atoms with Gasteiger partial charge in [0.2, 0.25) is 0 Å². The van der Waals surface area contributed by atoms with E-state index < -0.39 is 11.9 Å². The van der Waals surface area contributed by atoms with Crippen LogP contribution in [0.4, 0.5) is 0 Å². The van der Waals surface area contributed by atoms with Crippen LogP contribution in [-0.2, 0) is 14.3 Å². The van der Waals surface area contributed by atoms with Crippen LogP contribution in [0.25, 0.3) is 0 Å². The number of nitrogens with one attached hydrogen (secondary N) is 1. The average molecular weight is 189 g/mol. The van der Waals surface area contributed by atoms with Crippen LogP contribution in [0.5, 0.6) is 0 Å². The van der Waals surface area contributed by atoms with Crippen LogP contribution in [0.2, 0.25) is 0 Å². The Morgan fingerprint density at radius 2 is 2.08 bits per heavy atom. The Balaban J connectivity index is 3.90. The van der Waals surface area contributed by atoms with Gasteiger partial charge in [0.1, 0.15) is 0 Å². The van der Waals surface area contributed by atoms with Gasteiger partial charge in [0.05, 0.1) is 19.3 Å². The fourth-order valence-corrected chi connectivity index (χ4v) is 0.718. The highest BCUT2D eigenvalue weighted by molar-refractivity contribution is 6.32. The molecule has 5 heteroatoms. The molecule has 13 heavy (non-hydrogen) atoms. The smallest absolute Gasteiger partial charge is 0.396 e. The third kappa shape index (κ3) is 4.47. The average Bonchev–Trinajstić information content (AvgIpc) is 2.14. The van der Waals surface area contributed by atoms with Gasteiger partial charge in [-0.1, -0.05) is 6.92 Å². The number of esters is 1. The monoisotopic (exact) mass is 189 g/mol. The van der Waals surface area contributed by atoms with E-state index >= 15 is 0 Å². The van der Waals surface area contributed by atoms with Gasteiger partial charge in [-0.3, -0.25) is 4.79 Å². The van der Waals surface area contributed by atoms with Crippen molar-refractivity contribution in [2.75, 3.05) is 13.2 Å². The van der Waals surface area contributed by atoms with Gasteiger partial charge in [-0.05, 0) is 13.3 Å². The van der Waals surface area contributed by atoms with Crippen molar-refractivity contribution in [2.45, 2.75) is 26.3 Å². The first-order valence-electron chi connectivity index (χ1n) is 4.24. The minimum atomic E-state index is -0.908. The maximum atomic E-state index is 11.0. The maximum Gasteiger partial charge on any atom is 0.396 e. The number of hydrogen-bond donors (Lipinski definition) is 2.